The molecule has 498 valence electrons. The van der Waals surface area contributed by atoms with E-state index in [2.05, 4.69) is 69.3 Å². The largest absolute Gasteiger partial charge is 0.427 e. The Morgan fingerprint density at radius 1 is 0.450 bits per heavy atom. The number of aryl methyl sites for hydroxylation is 9. The van der Waals surface area contributed by atoms with E-state index in [-0.39, 0.29) is 18.5 Å². The molecule has 0 unspecified atom stereocenters. The summed E-state index contributed by atoms with van der Waals surface area (Å²) in [6.07, 6.45) is 15.8. The summed E-state index contributed by atoms with van der Waals surface area (Å²) >= 11 is 0. The van der Waals surface area contributed by atoms with Crippen molar-refractivity contribution < 1.29 is 46.6 Å². The van der Waals surface area contributed by atoms with Crippen LogP contribution in [0.25, 0.3) is 76.6 Å². The van der Waals surface area contributed by atoms with Crippen molar-refractivity contribution in [2.75, 3.05) is 9.80 Å². The van der Waals surface area contributed by atoms with E-state index in [4.69, 9.17) is 4.74 Å². The van der Waals surface area contributed by atoms with Crippen molar-refractivity contribution in [1.29, 1.82) is 0 Å². The fourth-order valence-corrected chi connectivity index (χ4v) is 16.5. The molecule has 3 aliphatic heterocycles. The molecular weight excluding hydrogens is 1250 g/mol. The van der Waals surface area contributed by atoms with Crippen LogP contribution in [-0.2, 0) is 36.1 Å². The number of para-hydroxylation sites is 1. The predicted octanol–water partition coefficient (Wildman–Crippen LogP) is 19.6. The molecule has 5 heterocycles. The second kappa shape index (κ2) is 25.5. The third kappa shape index (κ3) is 10.7. The zero-order valence-corrected chi connectivity index (χ0v) is 58.0. The molecule has 10 aromatic carbocycles. The Labute approximate surface area is 581 Å². The number of rotatable bonds is 15. The van der Waals surface area contributed by atoms with Crippen LogP contribution in [0.4, 0.5) is 20.2 Å². The first-order valence-electron chi connectivity index (χ1n) is 35.1. The van der Waals surface area contributed by atoms with Crippen LogP contribution in [0, 0.1) is 53.2 Å². The number of hydrogen-bond acceptors (Lipinski definition) is 6. The van der Waals surface area contributed by atoms with Crippen molar-refractivity contribution in [3.05, 3.63) is 272 Å². The maximum atomic E-state index is 16.5. The van der Waals surface area contributed by atoms with E-state index < -0.39 is 34.8 Å². The predicted molar refractivity (Wildman–Crippen MR) is 393 cm³/mol. The summed E-state index contributed by atoms with van der Waals surface area (Å²) in [5, 5.41) is 6.18. The van der Waals surface area contributed by atoms with Gasteiger partial charge in [0.25, 0.3) is 29.3 Å². The van der Waals surface area contributed by atoms with Gasteiger partial charge in [-0.2, -0.15) is 0 Å². The lowest BCUT2D eigenvalue weighted by Gasteiger charge is -2.32. The minimum Gasteiger partial charge on any atom is -0.427 e. The fraction of sp³-hybridized carbons (Fsp3) is 0.239. The number of unbranched alkanes of at least 4 members (excludes halogenated alkanes) is 3. The van der Waals surface area contributed by atoms with Crippen LogP contribution in [0.1, 0.15) is 173 Å². The van der Waals surface area contributed by atoms with Crippen molar-refractivity contribution in [3.8, 4) is 33.5 Å². The van der Waals surface area contributed by atoms with E-state index in [1.807, 2.05) is 154 Å². The van der Waals surface area contributed by atoms with Gasteiger partial charge in [0.05, 0.1) is 23.2 Å². The van der Waals surface area contributed by atoms with Crippen LogP contribution in [0.3, 0.4) is 0 Å². The van der Waals surface area contributed by atoms with E-state index in [0.717, 1.165) is 145 Å². The highest BCUT2D eigenvalue weighted by Crippen LogP contribution is 2.49. The van der Waals surface area contributed by atoms with Gasteiger partial charge in [0, 0.05) is 68.8 Å². The molecule has 100 heavy (non-hydrogen) atoms. The van der Waals surface area contributed by atoms with Gasteiger partial charge in [-0.05, 0) is 252 Å². The van der Waals surface area contributed by atoms with Crippen molar-refractivity contribution in [3.63, 3.8) is 0 Å². The molecule has 0 aliphatic carbocycles. The van der Waals surface area contributed by atoms with Gasteiger partial charge < -0.3 is 4.74 Å². The second-order valence-electron chi connectivity index (χ2n) is 27.9. The van der Waals surface area contributed by atoms with Gasteiger partial charge in [0.2, 0.25) is 5.69 Å². The van der Waals surface area contributed by atoms with Gasteiger partial charge in [0.15, 0.2) is 12.4 Å². The molecule has 3 aliphatic rings. The van der Waals surface area contributed by atoms with Crippen molar-refractivity contribution in [2.45, 2.75) is 139 Å². The maximum Gasteiger partial charge on any atom is 0.408 e. The molecule has 0 N–H and O–H groups in total. The number of hydrogen-bond donors (Lipinski definition) is 0. The van der Waals surface area contributed by atoms with Crippen LogP contribution in [-0.4, -0.2) is 29.6 Å². The van der Waals surface area contributed by atoms with Crippen molar-refractivity contribution >= 4 is 84.1 Å². The number of nitrogens with zero attached hydrogens (tertiary/aromatic N) is 4. The molecule has 0 bridgehead atoms. The minimum atomic E-state index is -0.821. The Kier molecular flexibility index (Phi) is 16.6. The number of allylic oxidation sites excluding steroid dienone is 1. The smallest absolute Gasteiger partial charge is 0.408 e. The van der Waals surface area contributed by atoms with Crippen molar-refractivity contribution in [1.82, 2.24) is 0 Å². The second-order valence-corrected chi connectivity index (χ2v) is 27.9. The number of anilines is 2. The van der Waals surface area contributed by atoms with Crippen LogP contribution >= 0.6 is 0 Å². The first kappa shape index (κ1) is 65.1. The first-order chi connectivity index (χ1) is 48.3. The Bertz CT molecular complexity index is 5370. The summed E-state index contributed by atoms with van der Waals surface area (Å²) in [5.74, 6) is -3.34. The van der Waals surface area contributed by atoms with Gasteiger partial charge in [0.1, 0.15) is 11.6 Å². The lowest BCUT2D eigenvalue weighted by atomic mass is 9.73. The monoisotopic (exact) mass is 1320 g/mol. The Balaban J connectivity index is 0.620. The van der Waals surface area contributed by atoms with Gasteiger partial charge in [-0.15, -0.1) is 9.13 Å². The summed E-state index contributed by atoms with van der Waals surface area (Å²) < 4.78 is 41.5. The van der Waals surface area contributed by atoms with Crippen molar-refractivity contribution in [2.24, 2.45) is 0 Å². The van der Waals surface area contributed by atoms with Gasteiger partial charge in [-0.3, -0.25) is 19.2 Å². The lowest BCUT2D eigenvalue weighted by molar-refractivity contribution is -0.909. The van der Waals surface area contributed by atoms with Gasteiger partial charge >= 0.3 is 12.6 Å². The molecule has 0 spiro atoms. The highest BCUT2D eigenvalue weighted by molar-refractivity contribution is 6.45. The van der Waals surface area contributed by atoms with Crippen LogP contribution < -0.4 is 18.9 Å². The molecular formula is C88H78F2N4O6+2. The number of fused-ring (bicyclic) bond motifs is 6. The number of pyridine rings is 2. The van der Waals surface area contributed by atoms with E-state index in [9.17, 15) is 24.0 Å². The standard InChI is InChI=1S/C88H78F2N4O6/c1-10-13-20-57-35-38-91-49-92-39-36-60(46-75(92)87(99)100-40-37-88(11-2,12-3)72-47-62(89)48-73(90)80(72)74(91)45-57)71-44-52(6)59(41-53(71)7)22-16-14-15-21-56-23-25-58(26-24-56)61-42-54(8)82(55(9)43-61)94-85(97)69-33-29-65-63-27-31-67-78-68(84(96)93(83(67)95)81-50(4)18-17-19-51(81)5)32-28-64(76(63)78)66-30-34-70(86(94)98)79(69)77(65)66/h17-19,23-48H,10-16,20-22,49H2,1-9H3/q+2. The number of amides is 4. The van der Waals surface area contributed by atoms with E-state index in [1.54, 1.807) is 6.08 Å². The molecule has 12 heteroatoms. The highest BCUT2D eigenvalue weighted by Gasteiger charge is 2.41. The summed E-state index contributed by atoms with van der Waals surface area (Å²) in [6, 6.07) is 48.4. The highest BCUT2D eigenvalue weighted by atomic mass is 19.1. The quantitative estimate of drug-likeness (QED) is 0.0253. The average molecular weight is 1330 g/mol. The third-order valence-corrected chi connectivity index (χ3v) is 21.8. The van der Waals surface area contributed by atoms with Crippen LogP contribution in [0.2, 0.25) is 0 Å². The molecule has 0 radical (unpaired) electrons. The van der Waals surface area contributed by atoms with Crippen LogP contribution in [0.15, 0.2) is 176 Å². The molecule has 4 amide bonds. The summed E-state index contributed by atoms with van der Waals surface area (Å²) in [7, 11) is 0. The summed E-state index contributed by atoms with van der Waals surface area (Å²) in [6.45, 7) is 18.3. The Morgan fingerprint density at radius 3 is 1.56 bits per heavy atom. The molecule has 10 nitrogen and oxygen atoms in total. The van der Waals surface area contributed by atoms with E-state index in [0.29, 0.717) is 79.8 Å². The summed E-state index contributed by atoms with van der Waals surface area (Å²) in [5.41, 5.74) is 17.0. The zero-order chi connectivity index (χ0) is 69.7. The normalized spacial score (nSPS) is 14.3. The number of ether oxygens (including phenoxy) is 1. The number of esters is 1. The van der Waals surface area contributed by atoms with E-state index in [1.165, 1.54) is 38.8 Å². The Hall–Kier alpha value is -10.9. The molecule has 2 aromatic heterocycles. The molecule has 12 aromatic rings. The maximum absolute atomic E-state index is 16.5. The van der Waals surface area contributed by atoms with Crippen LogP contribution in [0.5, 0.6) is 0 Å². The van der Waals surface area contributed by atoms with Gasteiger partial charge in [-0.25, -0.2) is 23.4 Å². The lowest BCUT2D eigenvalue weighted by Crippen LogP contribution is -2.55. The SMILES string of the molecule is CCCCc1cc[n+]2c(c1)-c1c(F)cc(F)cc1C(CC)(CC)C=COC(=O)c1cc(-c3cc(C)c(CCCCCc4ccc(-c5cc(C)c(N6C(=O)c7ccc8c9ccc%10c%11c(ccc(c%12ccc(c7c8%12)C6=O)c%119)C(=O)N(c6c(C)cccc6C)C%10=O)c(C)c5)cc4)cc3C)cc[n+]1C2. The first-order valence-corrected chi connectivity index (χ1v) is 35.1. The third-order valence-electron chi connectivity index (χ3n) is 21.8. The Morgan fingerprint density at radius 2 is 0.990 bits per heavy atom. The number of aromatic nitrogens is 2. The fourth-order valence-electron chi connectivity index (χ4n) is 16.5. The number of cyclic esters (lactones) is 1. The van der Waals surface area contributed by atoms with E-state index >= 15 is 8.78 Å². The average Bonchev–Trinajstić information content (AvgIpc) is 0.689. The molecule has 0 saturated heterocycles. The minimum absolute atomic E-state index is 0.179. The number of benzene rings is 10. The molecule has 0 fully saturated rings. The number of carbonyl (C=O) groups is 5. The number of imide groups is 2. The molecule has 0 saturated carbocycles. The molecule has 15 rings (SSSR count). The number of halogens is 2. The summed E-state index contributed by atoms with van der Waals surface area (Å²) in [4.78, 5) is 75.7. The van der Waals surface area contributed by atoms with Gasteiger partial charge in [-0.1, -0.05) is 112 Å². The topological polar surface area (TPSA) is 109 Å². The molecule has 0 atom stereocenters. The number of carbonyl (C=O) groups excluding carboxylic acids is 5. The zero-order valence-electron chi connectivity index (χ0n) is 58.0.